The number of anilines is 1. The molecule has 1 aromatic heterocycles. The summed E-state index contributed by atoms with van der Waals surface area (Å²) in [5.41, 5.74) is 5.63. The van der Waals surface area contributed by atoms with E-state index in [1.165, 1.54) is 0 Å². The summed E-state index contributed by atoms with van der Waals surface area (Å²) in [4.78, 5) is 17.0. The van der Waals surface area contributed by atoms with Crippen molar-refractivity contribution in [2.75, 3.05) is 5.73 Å². The van der Waals surface area contributed by atoms with Gasteiger partial charge in [0.15, 0.2) is 5.95 Å². The average Bonchev–Trinajstić information content (AvgIpc) is 2.42. The van der Waals surface area contributed by atoms with Gasteiger partial charge in [-0.3, -0.25) is 0 Å². The number of nitrogens with zero attached hydrogens (tertiary/aromatic N) is 1. The molecule has 1 heterocycles. The molecule has 0 bridgehead atoms. The van der Waals surface area contributed by atoms with E-state index in [1.54, 1.807) is 0 Å². The van der Waals surface area contributed by atoms with Crippen LogP contribution in [0.4, 0.5) is 10.3 Å². The van der Waals surface area contributed by atoms with Crippen molar-refractivity contribution in [1.82, 2.24) is 9.97 Å². The second kappa shape index (κ2) is 2.69. The van der Waals surface area contributed by atoms with E-state index in [2.05, 4.69) is 9.97 Å². The molecule has 4 N–H and O–H groups in total. The second-order valence-electron chi connectivity index (χ2n) is 2.78. The van der Waals surface area contributed by atoms with Gasteiger partial charge in [0.1, 0.15) is 5.82 Å². The van der Waals surface area contributed by atoms with Crippen LogP contribution in [0.2, 0.25) is 0 Å². The average molecular weight is 195 g/mol. The van der Waals surface area contributed by atoms with Gasteiger partial charge in [-0.25, -0.2) is 14.2 Å². The summed E-state index contributed by atoms with van der Waals surface area (Å²) in [6.07, 6.45) is 0. The van der Waals surface area contributed by atoms with Crippen LogP contribution < -0.4 is 5.73 Å². The van der Waals surface area contributed by atoms with Gasteiger partial charge in [0.25, 0.3) is 0 Å². The van der Waals surface area contributed by atoms with E-state index in [1.807, 2.05) is 0 Å². The number of imidazole rings is 1. The Kier molecular flexibility index (Phi) is 1.63. The number of H-pyrrole nitrogens is 1. The van der Waals surface area contributed by atoms with Crippen LogP contribution in [-0.4, -0.2) is 21.0 Å². The largest absolute Gasteiger partial charge is 0.478 e. The third kappa shape index (κ3) is 1.17. The van der Waals surface area contributed by atoms with Gasteiger partial charge in [-0.15, -0.1) is 0 Å². The van der Waals surface area contributed by atoms with Gasteiger partial charge in [0.05, 0.1) is 16.6 Å². The van der Waals surface area contributed by atoms with E-state index in [9.17, 15) is 9.18 Å². The van der Waals surface area contributed by atoms with E-state index in [0.717, 1.165) is 12.1 Å². The molecule has 0 spiro atoms. The topological polar surface area (TPSA) is 92.0 Å². The number of hydrogen-bond acceptors (Lipinski definition) is 3. The maximum absolute atomic E-state index is 13.1. The number of halogens is 1. The highest BCUT2D eigenvalue weighted by Gasteiger charge is 2.13. The number of hydrogen-bond donors (Lipinski definition) is 3. The molecular weight excluding hydrogens is 189 g/mol. The molecule has 0 aliphatic heterocycles. The van der Waals surface area contributed by atoms with Crippen LogP contribution in [0.25, 0.3) is 11.0 Å². The summed E-state index contributed by atoms with van der Waals surface area (Å²) >= 11 is 0. The van der Waals surface area contributed by atoms with Crippen LogP contribution in [0.15, 0.2) is 12.1 Å². The van der Waals surface area contributed by atoms with Crippen LogP contribution >= 0.6 is 0 Å². The molecule has 0 unspecified atom stereocenters. The molecule has 0 aliphatic rings. The number of nitrogen functional groups attached to an aromatic ring is 1. The Balaban J connectivity index is 2.76. The van der Waals surface area contributed by atoms with E-state index >= 15 is 0 Å². The van der Waals surface area contributed by atoms with Crippen molar-refractivity contribution >= 4 is 23.0 Å². The number of carbonyl (C=O) groups is 1. The first-order valence-electron chi connectivity index (χ1n) is 3.76. The second-order valence-corrected chi connectivity index (χ2v) is 2.78. The minimum absolute atomic E-state index is 0.127. The highest BCUT2D eigenvalue weighted by atomic mass is 19.1. The van der Waals surface area contributed by atoms with Gasteiger partial charge in [0, 0.05) is 6.07 Å². The number of nitrogens with two attached hydrogens (primary N) is 1. The third-order valence-corrected chi connectivity index (χ3v) is 1.82. The fourth-order valence-electron chi connectivity index (χ4n) is 1.21. The van der Waals surface area contributed by atoms with Gasteiger partial charge in [0.2, 0.25) is 0 Å². The predicted molar refractivity (Wildman–Crippen MR) is 47.4 cm³/mol. The molecule has 0 amide bonds. The van der Waals surface area contributed by atoms with Crippen molar-refractivity contribution < 1.29 is 14.3 Å². The first-order valence-corrected chi connectivity index (χ1v) is 3.76. The molecule has 0 atom stereocenters. The smallest absolute Gasteiger partial charge is 0.338 e. The summed E-state index contributed by atoms with van der Waals surface area (Å²) in [5, 5.41) is 8.62. The maximum Gasteiger partial charge on any atom is 0.338 e. The Bertz CT molecular complexity index is 521. The monoisotopic (exact) mass is 195 g/mol. The van der Waals surface area contributed by atoms with Gasteiger partial charge in [-0.2, -0.15) is 0 Å². The molecule has 0 fully saturated rings. The van der Waals surface area contributed by atoms with E-state index in [-0.39, 0.29) is 5.95 Å². The number of carboxylic acid groups (broad SMARTS) is 1. The first-order chi connectivity index (χ1) is 6.58. The fraction of sp³-hybridized carbons (Fsp3) is 0. The molecule has 14 heavy (non-hydrogen) atoms. The number of carboxylic acids is 1. The predicted octanol–water partition coefficient (Wildman–Crippen LogP) is 0.982. The molecule has 6 heteroatoms. The third-order valence-electron chi connectivity index (χ3n) is 1.82. The Morgan fingerprint density at radius 1 is 1.57 bits per heavy atom. The summed E-state index contributed by atoms with van der Waals surface area (Å²) in [7, 11) is 0. The molecule has 72 valence electrons. The quantitative estimate of drug-likeness (QED) is 0.632. The van der Waals surface area contributed by atoms with Crippen molar-refractivity contribution in [1.29, 1.82) is 0 Å². The summed E-state index contributed by atoms with van der Waals surface area (Å²) < 4.78 is 13.1. The lowest BCUT2D eigenvalue weighted by Crippen LogP contribution is -1.99. The highest BCUT2D eigenvalue weighted by molar-refractivity contribution is 5.93. The van der Waals surface area contributed by atoms with Crippen LogP contribution in [0, 0.1) is 5.82 Å². The van der Waals surface area contributed by atoms with Crippen molar-refractivity contribution in [3.63, 3.8) is 0 Å². The Labute approximate surface area is 77.4 Å². The molecule has 2 aromatic rings. The lowest BCUT2D eigenvalue weighted by Gasteiger charge is -1.95. The van der Waals surface area contributed by atoms with Gasteiger partial charge in [-0.1, -0.05) is 0 Å². The zero-order valence-electron chi connectivity index (χ0n) is 6.91. The van der Waals surface area contributed by atoms with Crippen molar-refractivity contribution in [3.8, 4) is 0 Å². The van der Waals surface area contributed by atoms with Crippen molar-refractivity contribution in [2.24, 2.45) is 0 Å². The Hall–Kier alpha value is -2.11. The first kappa shape index (κ1) is 8.49. The van der Waals surface area contributed by atoms with E-state index in [4.69, 9.17) is 10.8 Å². The van der Waals surface area contributed by atoms with Gasteiger partial charge >= 0.3 is 5.97 Å². The fourth-order valence-corrected chi connectivity index (χ4v) is 1.21. The number of benzene rings is 1. The number of aromatic carboxylic acids is 1. The normalized spacial score (nSPS) is 10.6. The summed E-state index contributed by atoms with van der Waals surface area (Å²) in [6, 6.07) is 2.20. The number of rotatable bonds is 1. The molecule has 0 aliphatic carbocycles. The lowest BCUT2D eigenvalue weighted by molar-refractivity contribution is 0.0692. The number of aromatic nitrogens is 2. The van der Waals surface area contributed by atoms with Crippen molar-refractivity contribution in [2.45, 2.75) is 0 Å². The zero-order chi connectivity index (χ0) is 10.3. The minimum Gasteiger partial charge on any atom is -0.478 e. The lowest BCUT2D eigenvalue weighted by atomic mass is 10.2. The molecule has 1 aromatic carbocycles. The van der Waals surface area contributed by atoms with Crippen molar-refractivity contribution in [3.05, 3.63) is 23.5 Å². The highest BCUT2D eigenvalue weighted by Crippen LogP contribution is 2.17. The molecule has 2 rings (SSSR count). The van der Waals surface area contributed by atoms with Crippen LogP contribution in [-0.2, 0) is 0 Å². The molecule has 0 radical (unpaired) electrons. The maximum atomic E-state index is 13.1. The molecule has 5 nitrogen and oxygen atoms in total. The van der Waals surface area contributed by atoms with Crippen LogP contribution in [0.3, 0.4) is 0 Å². The van der Waals surface area contributed by atoms with Gasteiger partial charge < -0.3 is 15.8 Å². The standard InChI is InChI=1S/C8H6FN3O2/c9-4-2-6-5(11-8(10)12-6)1-3(4)7(13)14/h1-2H,(H,13,14)(H3,10,11,12). The Morgan fingerprint density at radius 2 is 2.29 bits per heavy atom. The number of nitrogens with one attached hydrogen (secondary N) is 1. The van der Waals surface area contributed by atoms with E-state index < -0.39 is 17.3 Å². The number of fused-ring (bicyclic) bond motifs is 1. The summed E-state index contributed by atoms with van der Waals surface area (Å²) in [5.74, 6) is -2.01. The van der Waals surface area contributed by atoms with E-state index in [0.29, 0.717) is 11.0 Å². The van der Waals surface area contributed by atoms with Gasteiger partial charge in [-0.05, 0) is 6.07 Å². The van der Waals surface area contributed by atoms with Crippen LogP contribution in [0.5, 0.6) is 0 Å². The van der Waals surface area contributed by atoms with Crippen LogP contribution in [0.1, 0.15) is 10.4 Å². The molecule has 0 saturated heterocycles. The number of aromatic amines is 1. The summed E-state index contributed by atoms with van der Waals surface area (Å²) in [6.45, 7) is 0. The zero-order valence-corrected chi connectivity index (χ0v) is 6.91. The Morgan fingerprint density at radius 3 is 2.93 bits per heavy atom. The minimum atomic E-state index is -1.33. The molecular formula is C8H6FN3O2. The SMILES string of the molecule is Nc1nc2cc(C(=O)O)c(F)cc2[nH]1. The molecule has 0 saturated carbocycles.